The van der Waals surface area contributed by atoms with Crippen LogP contribution in [0.2, 0.25) is 5.02 Å². The molecule has 92 valence electrons. The summed E-state index contributed by atoms with van der Waals surface area (Å²) < 4.78 is 4.89. The number of fused-ring (bicyclic) bond motifs is 1. The molecule has 0 radical (unpaired) electrons. The Bertz CT molecular complexity index is 447. The molecule has 0 amide bonds. The summed E-state index contributed by atoms with van der Waals surface area (Å²) in [6.45, 7) is 1.99. The molecule has 0 saturated carbocycles. The second-order valence-corrected chi connectivity index (χ2v) is 4.79. The molecular weight excluding hydrogens is 238 g/mol. The molecule has 1 atom stereocenters. The Morgan fingerprint density at radius 1 is 1.59 bits per heavy atom. The van der Waals surface area contributed by atoms with Gasteiger partial charge in [-0.3, -0.25) is 0 Å². The maximum absolute atomic E-state index is 11.9. The lowest BCUT2D eigenvalue weighted by Gasteiger charge is -2.36. The highest BCUT2D eigenvalue weighted by molar-refractivity contribution is 6.30. The molecule has 1 aromatic rings. The largest absolute Gasteiger partial charge is 0.467 e. The van der Waals surface area contributed by atoms with Crippen molar-refractivity contribution in [1.29, 1.82) is 0 Å². The summed E-state index contributed by atoms with van der Waals surface area (Å²) in [5, 5.41) is 3.97. The van der Waals surface area contributed by atoms with E-state index in [-0.39, 0.29) is 5.97 Å². The van der Waals surface area contributed by atoms with Gasteiger partial charge in [0.25, 0.3) is 0 Å². The first kappa shape index (κ1) is 12.2. The van der Waals surface area contributed by atoms with E-state index in [9.17, 15) is 4.79 Å². The van der Waals surface area contributed by atoms with Crippen LogP contribution in [0.5, 0.6) is 0 Å². The fourth-order valence-corrected chi connectivity index (χ4v) is 2.48. The summed E-state index contributed by atoms with van der Waals surface area (Å²) in [7, 11) is 1.43. The normalized spacial score (nSPS) is 22.5. The maximum Gasteiger partial charge on any atom is 0.331 e. The van der Waals surface area contributed by atoms with E-state index >= 15 is 0 Å². The third-order valence-electron chi connectivity index (χ3n) is 3.45. The molecule has 17 heavy (non-hydrogen) atoms. The number of anilines is 1. The molecule has 1 N–H and O–H groups in total. The van der Waals surface area contributed by atoms with Crippen LogP contribution in [0.3, 0.4) is 0 Å². The fraction of sp³-hybridized carbons (Fsp3) is 0.462. The quantitative estimate of drug-likeness (QED) is 0.824. The number of hydrogen-bond acceptors (Lipinski definition) is 3. The lowest BCUT2D eigenvalue weighted by Crippen LogP contribution is -2.49. The van der Waals surface area contributed by atoms with Crippen LogP contribution >= 0.6 is 11.6 Å². The van der Waals surface area contributed by atoms with Gasteiger partial charge in [-0.2, -0.15) is 0 Å². The van der Waals surface area contributed by atoms with Crippen molar-refractivity contribution in [3.05, 3.63) is 28.8 Å². The zero-order valence-corrected chi connectivity index (χ0v) is 10.8. The molecular formula is C13H16ClNO2. The van der Waals surface area contributed by atoms with Crippen LogP contribution in [0.15, 0.2) is 18.2 Å². The van der Waals surface area contributed by atoms with Crippen LogP contribution in [0.1, 0.15) is 25.3 Å². The Morgan fingerprint density at radius 3 is 3.00 bits per heavy atom. The van der Waals surface area contributed by atoms with Gasteiger partial charge in [0.1, 0.15) is 5.54 Å². The summed E-state index contributed by atoms with van der Waals surface area (Å²) in [6, 6.07) is 5.74. The Morgan fingerprint density at radius 2 is 2.35 bits per heavy atom. The van der Waals surface area contributed by atoms with Gasteiger partial charge >= 0.3 is 5.97 Å². The van der Waals surface area contributed by atoms with Crippen molar-refractivity contribution in [3.8, 4) is 0 Å². The molecule has 0 bridgehead atoms. The van der Waals surface area contributed by atoms with Crippen molar-refractivity contribution in [2.75, 3.05) is 12.4 Å². The standard InChI is InChI=1S/C13H16ClNO2/c1-3-13(12(16)17-2)7-6-9-4-5-10(14)8-11(9)15-13/h4-5,8,15H,3,6-7H2,1-2H3. The number of carbonyl (C=O) groups is 1. The van der Waals surface area contributed by atoms with Crippen molar-refractivity contribution in [2.24, 2.45) is 0 Å². The topological polar surface area (TPSA) is 38.3 Å². The van der Waals surface area contributed by atoms with Crippen molar-refractivity contribution in [1.82, 2.24) is 0 Å². The second kappa shape index (κ2) is 4.57. The predicted molar refractivity (Wildman–Crippen MR) is 68.4 cm³/mol. The Balaban J connectivity index is 2.35. The van der Waals surface area contributed by atoms with E-state index in [1.807, 2.05) is 25.1 Å². The number of methoxy groups -OCH3 is 1. The average molecular weight is 254 g/mol. The summed E-state index contributed by atoms with van der Waals surface area (Å²) in [5.41, 5.74) is 1.53. The Labute approximate surface area is 106 Å². The molecule has 0 fully saturated rings. The molecule has 1 aromatic carbocycles. The number of carbonyl (C=O) groups excluding carboxylic acids is 1. The molecule has 0 spiro atoms. The molecule has 1 aliphatic rings. The number of nitrogens with one attached hydrogen (secondary N) is 1. The van der Waals surface area contributed by atoms with Crippen molar-refractivity contribution < 1.29 is 9.53 Å². The van der Waals surface area contributed by atoms with Crippen LogP contribution in [-0.4, -0.2) is 18.6 Å². The van der Waals surface area contributed by atoms with Crippen molar-refractivity contribution >= 4 is 23.3 Å². The molecule has 0 aromatic heterocycles. The first-order valence-electron chi connectivity index (χ1n) is 5.76. The fourth-order valence-electron chi connectivity index (χ4n) is 2.31. The molecule has 4 heteroatoms. The zero-order chi connectivity index (χ0) is 12.5. The van der Waals surface area contributed by atoms with Crippen molar-refractivity contribution in [3.63, 3.8) is 0 Å². The van der Waals surface area contributed by atoms with Gasteiger partial charge in [0.05, 0.1) is 7.11 Å². The van der Waals surface area contributed by atoms with Gasteiger partial charge in [0, 0.05) is 10.7 Å². The maximum atomic E-state index is 11.9. The van der Waals surface area contributed by atoms with Crippen LogP contribution < -0.4 is 5.32 Å². The summed E-state index contributed by atoms with van der Waals surface area (Å²) in [5.74, 6) is -0.203. The van der Waals surface area contributed by atoms with E-state index in [2.05, 4.69) is 5.32 Å². The molecule has 0 saturated heterocycles. The summed E-state index contributed by atoms with van der Waals surface area (Å²) in [6.07, 6.45) is 2.32. The SMILES string of the molecule is CCC1(C(=O)OC)CCc2ccc(Cl)cc2N1. The zero-order valence-electron chi connectivity index (χ0n) is 10.0. The van der Waals surface area contributed by atoms with E-state index in [0.717, 1.165) is 18.5 Å². The minimum absolute atomic E-state index is 0.203. The van der Waals surface area contributed by atoms with Gasteiger partial charge in [0.15, 0.2) is 0 Å². The summed E-state index contributed by atoms with van der Waals surface area (Å²) >= 11 is 5.97. The van der Waals surface area contributed by atoms with Crippen LogP contribution in [0.4, 0.5) is 5.69 Å². The third kappa shape index (κ3) is 2.12. The van der Waals surface area contributed by atoms with Crippen LogP contribution in [0, 0.1) is 0 Å². The number of aryl methyl sites for hydroxylation is 1. The Hall–Kier alpha value is -1.22. The molecule has 0 aliphatic carbocycles. The van der Waals surface area contributed by atoms with E-state index in [1.165, 1.54) is 12.7 Å². The highest BCUT2D eigenvalue weighted by Crippen LogP contribution is 2.35. The van der Waals surface area contributed by atoms with E-state index in [0.29, 0.717) is 11.4 Å². The predicted octanol–water partition coefficient (Wildman–Crippen LogP) is 3.02. The molecule has 3 nitrogen and oxygen atoms in total. The molecule has 1 heterocycles. The van der Waals surface area contributed by atoms with E-state index in [4.69, 9.17) is 16.3 Å². The first-order chi connectivity index (χ1) is 8.11. The van der Waals surface area contributed by atoms with Crippen LogP contribution in [-0.2, 0) is 16.0 Å². The number of esters is 1. The van der Waals surface area contributed by atoms with Crippen LogP contribution in [0.25, 0.3) is 0 Å². The van der Waals surface area contributed by atoms with Gasteiger partial charge in [-0.1, -0.05) is 24.6 Å². The Kier molecular flexibility index (Phi) is 3.29. The number of hydrogen-bond donors (Lipinski definition) is 1. The second-order valence-electron chi connectivity index (χ2n) is 4.35. The van der Waals surface area contributed by atoms with Gasteiger partial charge in [-0.15, -0.1) is 0 Å². The minimum atomic E-state index is -0.605. The number of benzene rings is 1. The monoisotopic (exact) mass is 253 g/mol. The minimum Gasteiger partial charge on any atom is -0.467 e. The van der Waals surface area contributed by atoms with E-state index < -0.39 is 5.54 Å². The van der Waals surface area contributed by atoms with Gasteiger partial charge < -0.3 is 10.1 Å². The molecule has 2 rings (SSSR count). The van der Waals surface area contributed by atoms with Crippen molar-refractivity contribution in [2.45, 2.75) is 31.7 Å². The van der Waals surface area contributed by atoms with Gasteiger partial charge in [-0.25, -0.2) is 4.79 Å². The van der Waals surface area contributed by atoms with E-state index in [1.54, 1.807) is 0 Å². The number of ether oxygens (including phenoxy) is 1. The van der Waals surface area contributed by atoms with Gasteiger partial charge in [0.2, 0.25) is 0 Å². The average Bonchev–Trinajstić information content (AvgIpc) is 2.36. The number of halogens is 1. The first-order valence-corrected chi connectivity index (χ1v) is 6.14. The lowest BCUT2D eigenvalue weighted by atomic mass is 9.84. The highest BCUT2D eigenvalue weighted by atomic mass is 35.5. The smallest absolute Gasteiger partial charge is 0.331 e. The lowest BCUT2D eigenvalue weighted by molar-refractivity contribution is -0.146. The number of rotatable bonds is 2. The third-order valence-corrected chi connectivity index (χ3v) is 3.68. The molecule has 1 unspecified atom stereocenters. The summed E-state index contributed by atoms with van der Waals surface area (Å²) in [4.78, 5) is 11.9. The highest BCUT2D eigenvalue weighted by Gasteiger charge is 2.40. The van der Waals surface area contributed by atoms with Gasteiger partial charge in [-0.05, 0) is 37.0 Å². The molecule has 1 aliphatic heterocycles.